The average molecular weight is 226 g/mol. The maximum Gasteiger partial charge on any atom is 0.242 e. The predicted molar refractivity (Wildman–Crippen MR) is 67.1 cm³/mol. The number of hydrogen-bond donors (Lipinski definition) is 1. The summed E-state index contributed by atoms with van der Waals surface area (Å²) in [5.41, 5.74) is 5.52. The Morgan fingerprint density at radius 2 is 2.00 bits per heavy atom. The maximum atomic E-state index is 12.3. The van der Waals surface area contributed by atoms with Crippen LogP contribution in [-0.4, -0.2) is 29.4 Å². The zero-order chi connectivity index (χ0) is 12.2. The van der Waals surface area contributed by atoms with Crippen molar-refractivity contribution in [1.29, 1.82) is 0 Å². The van der Waals surface area contributed by atoms with Crippen LogP contribution in [0.25, 0.3) is 0 Å². The van der Waals surface area contributed by atoms with Crippen LogP contribution in [0.4, 0.5) is 0 Å². The number of carbonyl (C=O) groups is 1. The van der Waals surface area contributed by atoms with Gasteiger partial charge in [0.25, 0.3) is 0 Å². The van der Waals surface area contributed by atoms with Crippen molar-refractivity contribution in [1.82, 2.24) is 4.90 Å². The van der Waals surface area contributed by atoms with Gasteiger partial charge in [-0.2, -0.15) is 0 Å². The van der Waals surface area contributed by atoms with Gasteiger partial charge in [-0.3, -0.25) is 4.79 Å². The number of nitrogens with two attached hydrogens (primary N) is 1. The molecule has 1 fully saturated rings. The third-order valence-electron chi connectivity index (χ3n) is 3.96. The van der Waals surface area contributed by atoms with Crippen molar-refractivity contribution in [2.75, 3.05) is 13.1 Å². The Balaban J connectivity index is 2.56. The molecule has 0 aliphatic carbocycles. The molecule has 16 heavy (non-hydrogen) atoms. The molecule has 1 unspecified atom stereocenters. The Morgan fingerprint density at radius 3 is 2.50 bits per heavy atom. The van der Waals surface area contributed by atoms with Crippen LogP contribution in [-0.2, 0) is 4.79 Å². The van der Waals surface area contributed by atoms with Gasteiger partial charge in [0.2, 0.25) is 5.91 Å². The maximum absolute atomic E-state index is 12.3. The number of hydrogen-bond acceptors (Lipinski definition) is 2. The lowest BCUT2D eigenvalue weighted by atomic mass is 9.92. The number of rotatable bonds is 5. The molecule has 0 spiro atoms. The summed E-state index contributed by atoms with van der Waals surface area (Å²) >= 11 is 0. The molecule has 94 valence electrons. The molecule has 1 atom stereocenters. The van der Waals surface area contributed by atoms with Gasteiger partial charge in [-0.05, 0) is 31.6 Å². The topological polar surface area (TPSA) is 46.3 Å². The number of nitrogens with zero attached hydrogens (tertiary/aromatic N) is 1. The summed E-state index contributed by atoms with van der Waals surface area (Å²) in [6, 6.07) is 0. The van der Waals surface area contributed by atoms with E-state index in [1.165, 1.54) is 12.8 Å². The largest absolute Gasteiger partial charge is 0.341 e. The van der Waals surface area contributed by atoms with Crippen molar-refractivity contribution in [2.24, 2.45) is 11.7 Å². The third-order valence-corrected chi connectivity index (χ3v) is 3.96. The van der Waals surface area contributed by atoms with Crippen LogP contribution in [0.2, 0.25) is 0 Å². The van der Waals surface area contributed by atoms with E-state index in [1.807, 2.05) is 18.7 Å². The highest BCUT2D eigenvalue weighted by Crippen LogP contribution is 2.24. The lowest BCUT2D eigenvalue weighted by Gasteiger charge is -2.30. The molecule has 1 saturated heterocycles. The van der Waals surface area contributed by atoms with E-state index in [0.29, 0.717) is 5.92 Å². The lowest BCUT2D eigenvalue weighted by molar-refractivity contribution is -0.136. The first-order valence-electron chi connectivity index (χ1n) is 6.65. The summed E-state index contributed by atoms with van der Waals surface area (Å²) in [4.78, 5) is 14.3. The second kappa shape index (κ2) is 5.67. The smallest absolute Gasteiger partial charge is 0.242 e. The van der Waals surface area contributed by atoms with Crippen molar-refractivity contribution in [3.8, 4) is 0 Å². The van der Waals surface area contributed by atoms with Crippen LogP contribution < -0.4 is 5.73 Å². The van der Waals surface area contributed by atoms with E-state index >= 15 is 0 Å². The van der Waals surface area contributed by atoms with E-state index < -0.39 is 5.54 Å². The normalized spacial score (nSPS) is 21.5. The fourth-order valence-electron chi connectivity index (χ4n) is 2.53. The molecule has 1 amide bonds. The van der Waals surface area contributed by atoms with E-state index in [4.69, 9.17) is 5.73 Å². The molecule has 3 nitrogen and oxygen atoms in total. The Hall–Kier alpha value is -0.570. The summed E-state index contributed by atoms with van der Waals surface area (Å²) in [7, 11) is 0. The minimum atomic E-state index is -0.624. The average Bonchev–Trinajstić information content (AvgIpc) is 2.76. The van der Waals surface area contributed by atoms with Gasteiger partial charge < -0.3 is 10.6 Å². The van der Waals surface area contributed by atoms with Crippen LogP contribution in [0.1, 0.15) is 52.9 Å². The van der Waals surface area contributed by atoms with Gasteiger partial charge in [-0.15, -0.1) is 0 Å². The standard InChI is InChI=1S/C13H26N2O/c1-4-7-11-8-9-15(10-11)12(16)13(14,5-2)6-3/h11H,4-10,14H2,1-3H3. The Kier molecular flexibility index (Phi) is 4.78. The van der Waals surface area contributed by atoms with Crippen LogP contribution >= 0.6 is 0 Å². The molecule has 1 rings (SSSR count). The first kappa shape index (κ1) is 13.5. The number of likely N-dealkylation sites (tertiary alicyclic amines) is 1. The van der Waals surface area contributed by atoms with Gasteiger partial charge in [-0.1, -0.05) is 27.2 Å². The summed E-state index contributed by atoms with van der Waals surface area (Å²) in [6.07, 6.45) is 5.07. The first-order chi connectivity index (χ1) is 7.57. The van der Waals surface area contributed by atoms with Crippen molar-refractivity contribution in [3.63, 3.8) is 0 Å². The molecule has 2 N–H and O–H groups in total. The summed E-state index contributed by atoms with van der Waals surface area (Å²) in [5, 5.41) is 0. The SMILES string of the molecule is CCCC1CCN(C(=O)C(N)(CC)CC)C1. The quantitative estimate of drug-likeness (QED) is 0.781. The molecule has 0 saturated carbocycles. The van der Waals surface area contributed by atoms with Gasteiger partial charge in [0.05, 0.1) is 5.54 Å². The number of amides is 1. The minimum absolute atomic E-state index is 0.163. The highest BCUT2D eigenvalue weighted by atomic mass is 16.2. The van der Waals surface area contributed by atoms with Gasteiger partial charge in [0.1, 0.15) is 0 Å². The van der Waals surface area contributed by atoms with Crippen molar-refractivity contribution >= 4 is 5.91 Å². The van der Waals surface area contributed by atoms with E-state index in [-0.39, 0.29) is 5.91 Å². The van der Waals surface area contributed by atoms with E-state index in [2.05, 4.69) is 6.92 Å². The zero-order valence-electron chi connectivity index (χ0n) is 11.0. The molecule has 0 aromatic carbocycles. The van der Waals surface area contributed by atoms with Crippen LogP contribution in [0.5, 0.6) is 0 Å². The van der Waals surface area contributed by atoms with Crippen molar-refractivity contribution < 1.29 is 4.79 Å². The van der Waals surface area contributed by atoms with Gasteiger partial charge in [0.15, 0.2) is 0 Å². The molecular formula is C13H26N2O. The van der Waals surface area contributed by atoms with Crippen molar-refractivity contribution in [3.05, 3.63) is 0 Å². The molecule has 0 bridgehead atoms. The highest BCUT2D eigenvalue weighted by Gasteiger charge is 2.36. The Morgan fingerprint density at radius 1 is 1.38 bits per heavy atom. The van der Waals surface area contributed by atoms with E-state index in [0.717, 1.165) is 32.4 Å². The zero-order valence-corrected chi connectivity index (χ0v) is 11.0. The lowest BCUT2D eigenvalue weighted by Crippen LogP contribution is -2.54. The van der Waals surface area contributed by atoms with Gasteiger partial charge >= 0.3 is 0 Å². The molecule has 1 aliphatic heterocycles. The summed E-state index contributed by atoms with van der Waals surface area (Å²) in [5.74, 6) is 0.864. The van der Waals surface area contributed by atoms with E-state index in [1.54, 1.807) is 0 Å². The Labute approximate surface area is 99.4 Å². The van der Waals surface area contributed by atoms with Crippen LogP contribution in [0.15, 0.2) is 0 Å². The first-order valence-corrected chi connectivity index (χ1v) is 6.65. The minimum Gasteiger partial charge on any atom is -0.341 e. The van der Waals surface area contributed by atoms with Crippen LogP contribution in [0.3, 0.4) is 0 Å². The summed E-state index contributed by atoms with van der Waals surface area (Å²) < 4.78 is 0. The fraction of sp³-hybridized carbons (Fsp3) is 0.923. The molecular weight excluding hydrogens is 200 g/mol. The Bertz CT molecular complexity index is 236. The molecule has 3 heteroatoms. The van der Waals surface area contributed by atoms with Gasteiger partial charge in [0, 0.05) is 13.1 Å². The molecule has 0 radical (unpaired) electrons. The second-order valence-electron chi connectivity index (χ2n) is 5.06. The van der Waals surface area contributed by atoms with Crippen LogP contribution in [0, 0.1) is 5.92 Å². The molecule has 0 aromatic rings. The monoisotopic (exact) mass is 226 g/mol. The van der Waals surface area contributed by atoms with Gasteiger partial charge in [-0.25, -0.2) is 0 Å². The third kappa shape index (κ3) is 2.76. The predicted octanol–water partition coefficient (Wildman–Crippen LogP) is 2.15. The van der Waals surface area contributed by atoms with E-state index in [9.17, 15) is 4.79 Å². The highest BCUT2D eigenvalue weighted by molar-refractivity contribution is 5.86. The van der Waals surface area contributed by atoms with Crippen molar-refractivity contribution in [2.45, 2.75) is 58.4 Å². The molecule has 0 aromatic heterocycles. The molecule has 1 aliphatic rings. The summed E-state index contributed by atoms with van der Waals surface area (Å²) in [6.45, 7) is 8.03. The number of carbonyl (C=O) groups excluding carboxylic acids is 1. The molecule has 1 heterocycles. The fourth-order valence-corrected chi connectivity index (χ4v) is 2.53. The second-order valence-corrected chi connectivity index (χ2v) is 5.06.